The quantitative estimate of drug-likeness (QED) is 0.796. The van der Waals surface area contributed by atoms with Crippen molar-refractivity contribution in [1.29, 1.82) is 0 Å². The van der Waals surface area contributed by atoms with E-state index in [4.69, 9.17) is 4.74 Å². The summed E-state index contributed by atoms with van der Waals surface area (Å²) in [5.74, 6) is 0.734. The van der Waals surface area contributed by atoms with Gasteiger partial charge in [0, 0.05) is 24.5 Å². The van der Waals surface area contributed by atoms with Gasteiger partial charge in [-0.2, -0.15) is 5.10 Å². The standard InChI is InChI=1S/C15H18N4O2S/c20-14(16-8-13-2-1-7-21-13)12-5-3-11(4-6-12)9-22-15-17-10-18-19-15/h3-6,10,13H,1-2,7-9H2,(H,16,20)(H,17,18,19)/t13-/m1/s1. The van der Waals surface area contributed by atoms with E-state index in [1.165, 1.54) is 6.33 Å². The van der Waals surface area contributed by atoms with Gasteiger partial charge in [0.05, 0.1) is 6.10 Å². The molecule has 0 saturated carbocycles. The first-order valence-corrected chi connectivity index (χ1v) is 8.27. The van der Waals surface area contributed by atoms with E-state index < -0.39 is 0 Å². The number of H-pyrrole nitrogens is 1. The molecule has 116 valence electrons. The summed E-state index contributed by atoms with van der Waals surface area (Å²) in [5, 5.41) is 10.3. The fraction of sp³-hybridized carbons (Fsp3) is 0.400. The fourth-order valence-corrected chi connectivity index (χ4v) is 3.02. The number of ether oxygens (including phenoxy) is 1. The van der Waals surface area contributed by atoms with Gasteiger partial charge in [0.2, 0.25) is 0 Å². The predicted molar refractivity (Wildman–Crippen MR) is 83.7 cm³/mol. The number of hydrogen-bond acceptors (Lipinski definition) is 5. The number of aromatic nitrogens is 3. The Labute approximate surface area is 133 Å². The minimum atomic E-state index is -0.0510. The zero-order valence-corrected chi connectivity index (χ0v) is 12.9. The highest BCUT2D eigenvalue weighted by Crippen LogP contribution is 2.18. The second kappa shape index (κ2) is 7.42. The van der Waals surface area contributed by atoms with Crippen LogP contribution in [0.4, 0.5) is 0 Å². The molecule has 1 aliphatic rings. The lowest BCUT2D eigenvalue weighted by Crippen LogP contribution is -2.31. The topological polar surface area (TPSA) is 79.9 Å². The van der Waals surface area contributed by atoms with Crippen LogP contribution < -0.4 is 5.32 Å². The molecule has 1 aliphatic heterocycles. The minimum Gasteiger partial charge on any atom is -0.376 e. The summed E-state index contributed by atoms with van der Waals surface area (Å²) in [5.41, 5.74) is 1.81. The van der Waals surface area contributed by atoms with Crippen LogP contribution in [-0.4, -0.2) is 40.3 Å². The Morgan fingerprint density at radius 2 is 2.27 bits per heavy atom. The first-order valence-electron chi connectivity index (χ1n) is 7.28. The fourth-order valence-electron chi connectivity index (χ4n) is 2.28. The average molecular weight is 318 g/mol. The number of carbonyl (C=O) groups is 1. The maximum absolute atomic E-state index is 12.1. The summed E-state index contributed by atoms with van der Waals surface area (Å²) < 4.78 is 5.49. The van der Waals surface area contributed by atoms with E-state index >= 15 is 0 Å². The van der Waals surface area contributed by atoms with E-state index in [9.17, 15) is 4.79 Å². The molecule has 6 nitrogen and oxygen atoms in total. The second-order valence-corrected chi connectivity index (χ2v) is 6.09. The zero-order valence-electron chi connectivity index (χ0n) is 12.1. The van der Waals surface area contributed by atoms with Crippen molar-refractivity contribution in [1.82, 2.24) is 20.5 Å². The van der Waals surface area contributed by atoms with Crippen LogP contribution in [0, 0.1) is 0 Å². The first-order chi connectivity index (χ1) is 10.8. The molecule has 2 heterocycles. The number of thioether (sulfide) groups is 1. The number of rotatable bonds is 6. The molecule has 1 aromatic carbocycles. The zero-order chi connectivity index (χ0) is 15.2. The van der Waals surface area contributed by atoms with Crippen molar-refractivity contribution in [2.24, 2.45) is 0 Å². The lowest BCUT2D eigenvalue weighted by molar-refractivity contribution is 0.0858. The predicted octanol–water partition coefficient (Wildman–Crippen LogP) is 2.01. The van der Waals surface area contributed by atoms with Gasteiger partial charge < -0.3 is 10.1 Å². The van der Waals surface area contributed by atoms with Crippen LogP contribution in [-0.2, 0) is 10.5 Å². The van der Waals surface area contributed by atoms with Gasteiger partial charge in [-0.05, 0) is 30.5 Å². The van der Waals surface area contributed by atoms with Gasteiger partial charge in [-0.1, -0.05) is 23.9 Å². The Hall–Kier alpha value is -1.86. The van der Waals surface area contributed by atoms with E-state index in [1.807, 2.05) is 24.3 Å². The summed E-state index contributed by atoms with van der Waals surface area (Å²) in [4.78, 5) is 16.1. The Bertz CT molecular complexity index is 595. The smallest absolute Gasteiger partial charge is 0.251 e. The van der Waals surface area contributed by atoms with Crippen LogP contribution in [0.25, 0.3) is 0 Å². The first kappa shape index (κ1) is 15.1. The molecule has 1 aromatic heterocycles. The van der Waals surface area contributed by atoms with Crippen molar-refractivity contribution < 1.29 is 9.53 Å². The van der Waals surface area contributed by atoms with Gasteiger partial charge in [0.25, 0.3) is 5.91 Å². The van der Waals surface area contributed by atoms with Crippen molar-refractivity contribution in [3.05, 3.63) is 41.7 Å². The molecule has 0 aliphatic carbocycles. The molecular formula is C15H18N4O2S. The Balaban J connectivity index is 1.48. The third-order valence-corrected chi connectivity index (χ3v) is 4.45. The number of nitrogens with zero attached hydrogens (tertiary/aromatic N) is 2. The van der Waals surface area contributed by atoms with E-state index in [1.54, 1.807) is 11.8 Å². The molecule has 2 aromatic rings. The van der Waals surface area contributed by atoms with Gasteiger partial charge >= 0.3 is 0 Å². The van der Waals surface area contributed by atoms with Crippen molar-refractivity contribution in [3.63, 3.8) is 0 Å². The highest BCUT2D eigenvalue weighted by atomic mass is 32.2. The molecule has 0 unspecified atom stereocenters. The Morgan fingerprint density at radius 3 is 2.95 bits per heavy atom. The summed E-state index contributed by atoms with van der Waals surface area (Å²) in [6.45, 7) is 1.39. The third-order valence-electron chi connectivity index (χ3n) is 3.50. The number of amides is 1. The third kappa shape index (κ3) is 4.08. The summed E-state index contributed by atoms with van der Waals surface area (Å²) in [6, 6.07) is 7.62. The van der Waals surface area contributed by atoms with Gasteiger partial charge in [-0.25, -0.2) is 4.98 Å². The Morgan fingerprint density at radius 1 is 1.41 bits per heavy atom. The van der Waals surface area contributed by atoms with Crippen molar-refractivity contribution in [2.75, 3.05) is 13.2 Å². The molecule has 3 rings (SSSR count). The SMILES string of the molecule is O=C(NC[C@H]1CCCO1)c1ccc(CSc2ncn[nH]2)cc1. The number of nitrogens with one attached hydrogen (secondary N) is 2. The van der Waals surface area contributed by atoms with E-state index in [2.05, 4.69) is 20.5 Å². The van der Waals surface area contributed by atoms with Gasteiger partial charge in [-0.3, -0.25) is 9.89 Å². The molecule has 1 amide bonds. The maximum atomic E-state index is 12.1. The molecule has 0 spiro atoms. The normalized spacial score (nSPS) is 17.5. The van der Waals surface area contributed by atoms with Crippen molar-refractivity contribution in [3.8, 4) is 0 Å². The molecule has 7 heteroatoms. The number of hydrogen-bond donors (Lipinski definition) is 2. The highest BCUT2D eigenvalue weighted by molar-refractivity contribution is 7.98. The summed E-state index contributed by atoms with van der Waals surface area (Å²) >= 11 is 1.58. The van der Waals surface area contributed by atoms with Crippen LogP contribution in [0.2, 0.25) is 0 Å². The van der Waals surface area contributed by atoms with Crippen LogP contribution in [0.3, 0.4) is 0 Å². The molecular weight excluding hydrogens is 300 g/mol. The minimum absolute atomic E-state index is 0.0510. The number of carbonyl (C=O) groups excluding carboxylic acids is 1. The Kier molecular flexibility index (Phi) is 5.07. The van der Waals surface area contributed by atoms with Crippen LogP contribution in [0.15, 0.2) is 35.7 Å². The van der Waals surface area contributed by atoms with Gasteiger partial charge in [0.15, 0.2) is 5.16 Å². The molecule has 0 bridgehead atoms. The largest absolute Gasteiger partial charge is 0.376 e. The number of aromatic amines is 1. The second-order valence-electron chi connectivity index (χ2n) is 5.12. The van der Waals surface area contributed by atoms with Gasteiger partial charge in [-0.15, -0.1) is 0 Å². The van der Waals surface area contributed by atoms with Crippen molar-refractivity contribution in [2.45, 2.75) is 29.9 Å². The molecule has 1 saturated heterocycles. The van der Waals surface area contributed by atoms with Crippen LogP contribution >= 0.6 is 11.8 Å². The van der Waals surface area contributed by atoms with Gasteiger partial charge in [0.1, 0.15) is 6.33 Å². The lowest BCUT2D eigenvalue weighted by Gasteiger charge is -2.11. The molecule has 22 heavy (non-hydrogen) atoms. The number of benzene rings is 1. The van der Waals surface area contributed by atoms with E-state index in [-0.39, 0.29) is 12.0 Å². The molecule has 1 atom stereocenters. The van der Waals surface area contributed by atoms with Crippen molar-refractivity contribution >= 4 is 17.7 Å². The van der Waals surface area contributed by atoms with E-state index in [0.717, 1.165) is 35.9 Å². The van der Waals surface area contributed by atoms with Crippen LogP contribution in [0.1, 0.15) is 28.8 Å². The highest BCUT2D eigenvalue weighted by Gasteiger charge is 2.16. The summed E-state index contributed by atoms with van der Waals surface area (Å²) in [6.07, 6.45) is 3.77. The maximum Gasteiger partial charge on any atom is 0.251 e. The van der Waals surface area contributed by atoms with Crippen LogP contribution in [0.5, 0.6) is 0 Å². The molecule has 1 fully saturated rings. The summed E-state index contributed by atoms with van der Waals surface area (Å²) in [7, 11) is 0. The van der Waals surface area contributed by atoms with E-state index in [0.29, 0.717) is 12.1 Å². The lowest BCUT2D eigenvalue weighted by atomic mass is 10.1. The molecule has 0 radical (unpaired) electrons. The average Bonchev–Trinajstić information content (AvgIpc) is 3.24. The monoisotopic (exact) mass is 318 g/mol. The molecule has 2 N–H and O–H groups in total.